The Bertz CT molecular complexity index is 826. The first-order chi connectivity index (χ1) is 10.1. The lowest BCUT2D eigenvalue weighted by molar-refractivity contribution is 0.102. The second-order valence-corrected chi connectivity index (χ2v) is 5.55. The van der Waals surface area contributed by atoms with Crippen LogP contribution in [0.15, 0.2) is 35.3 Å². The Morgan fingerprint density at radius 1 is 1.43 bits per heavy atom. The number of carbonyl (C=O) groups excluding carboxylic acids is 1. The summed E-state index contributed by atoms with van der Waals surface area (Å²) in [6, 6.07) is 3.02. The number of anilines is 1. The summed E-state index contributed by atoms with van der Waals surface area (Å²) < 4.78 is 0.614. The van der Waals surface area contributed by atoms with Crippen LogP contribution in [0.1, 0.15) is 10.4 Å². The summed E-state index contributed by atoms with van der Waals surface area (Å²) in [6.07, 6.45) is 4.45. The molecule has 1 aromatic carbocycles. The zero-order chi connectivity index (χ0) is 15.0. The summed E-state index contributed by atoms with van der Waals surface area (Å²) >= 11 is 9.23. The highest BCUT2D eigenvalue weighted by Crippen LogP contribution is 2.35. The van der Waals surface area contributed by atoms with E-state index in [1.54, 1.807) is 6.07 Å². The summed E-state index contributed by atoms with van der Waals surface area (Å²) in [4.78, 5) is 23.1. The number of halogens is 2. The molecule has 21 heavy (non-hydrogen) atoms. The molecule has 3 rings (SSSR count). The fourth-order valence-electron chi connectivity index (χ4n) is 1.91. The highest BCUT2D eigenvalue weighted by Gasteiger charge is 2.16. The number of rotatable bonds is 2. The Morgan fingerprint density at radius 3 is 3.00 bits per heavy atom. The molecule has 0 aliphatic carbocycles. The molecule has 8 heteroatoms. The normalized spacial score (nSPS) is 10.8. The van der Waals surface area contributed by atoms with Crippen LogP contribution in [0.25, 0.3) is 11.0 Å². The van der Waals surface area contributed by atoms with E-state index in [0.29, 0.717) is 21.1 Å². The van der Waals surface area contributed by atoms with E-state index < -0.39 is 5.91 Å². The van der Waals surface area contributed by atoms with Gasteiger partial charge in [-0.25, -0.2) is 9.97 Å². The Morgan fingerprint density at radius 2 is 2.24 bits per heavy atom. The molecule has 6 nitrogen and oxygen atoms in total. The van der Waals surface area contributed by atoms with E-state index in [1.165, 1.54) is 24.8 Å². The number of benzene rings is 1. The standard InChI is InChI=1S/C13H8BrClN4O2/c14-6-1-9(15)11(10(20)2-6)19-13(21)8-4-17-12-7(8)3-16-5-18-12/h1-5,20H,(H,19,21)(H,16,17,18). The first-order valence-electron chi connectivity index (χ1n) is 5.82. The number of hydrogen-bond acceptors (Lipinski definition) is 4. The van der Waals surface area contributed by atoms with Crippen molar-refractivity contribution in [3.8, 4) is 5.75 Å². The quantitative estimate of drug-likeness (QED) is 0.606. The van der Waals surface area contributed by atoms with E-state index in [9.17, 15) is 9.90 Å². The Hall–Kier alpha value is -2.12. The van der Waals surface area contributed by atoms with Gasteiger partial charge in [-0.05, 0) is 12.1 Å². The average molecular weight is 368 g/mol. The molecule has 0 unspecified atom stereocenters. The van der Waals surface area contributed by atoms with Crippen LogP contribution in [-0.2, 0) is 0 Å². The molecule has 106 valence electrons. The predicted octanol–water partition coefficient (Wildman–Crippen LogP) is 3.33. The number of fused-ring (bicyclic) bond motifs is 1. The van der Waals surface area contributed by atoms with Crippen molar-refractivity contribution in [3.05, 3.63) is 45.9 Å². The van der Waals surface area contributed by atoms with Crippen molar-refractivity contribution in [3.63, 3.8) is 0 Å². The average Bonchev–Trinajstić information content (AvgIpc) is 2.86. The van der Waals surface area contributed by atoms with Gasteiger partial charge in [0.1, 0.15) is 23.4 Å². The first kappa shape index (κ1) is 13.8. The van der Waals surface area contributed by atoms with Crippen LogP contribution in [0.3, 0.4) is 0 Å². The highest BCUT2D eigenvalue weighted by molar-refractivity contribution is 9.10. The SMILES string of the molecule is O=C(Nc1c(O)cc(Br)cc1Cl)c1c[nH]c2ncncc12. The van der Waals surface area contributed by atoms with E-state index in [2.05, 4.69) is 36.2 Å². The third-order valence-electron chi connectivity index (χ3n) is 2.87. The Labute approximate surface area is 132 Å². The van der Waals surface area contributed by atoms with Crippen LogP contribution in [0.4, 0.5) is 5.69 Å². The summed E-state index contributed by atoms with van der Waals surface area (Å²) in [5.74, 6) is -0.547. The Balaban J connectivity index is 1.97. The smallest absolute Gasteiger partial charge is 0.258 e. The molecule has 0 aliphatic rings. The van der Waals surface area contributed by atoms with Gasteiger partial charge in [-0.1, -0.05) is 27.5 Å². The molecule has 3 aromatic rings. The zero-order valence-corrected chi connectivity index (χ0v) is 12.7. The number of amides is 1. The number of hydrogen-bond donors (Lipinski definition) is 3. The second-order valence-electron chi connectivity index (χ2n) is 4.22. The molecule has 1 amide bonds. The van der Waals surface area contributed by atoms with E-state index in [-0.39, 0.29) is 16.5 Å². The molecule has 0 saturated heterocycles. The van der Waals surface area contributed by atoms with Gasteiger partial charge in [0.15, 0.2) is 0 Å². The number of phenolic OH excluding ortho intramolecular Hbond substituents is 1. The van der Waals surface area contributed by atoms with Gasteiger partial charge in [-0.3, -0.25) is 4.79 Å². The third kappa shape index (κ3) is 2.57. The molecular formula is C13H8BrClN4O2. The summed E-state index contributed by atoms with van der Waals surface area (Å²) in [6.45, 7) is 0. The molecule has 0 fully saturated rings. The lowest BCUT2D eigenvalue weighted by Gasteiger charge is -2.09. The van der Waals surface area contributed by atoms with E-state index in [4.69, 9.17) is 11.6 Å². The largest absolute Gasteiger partial charge is 0.506 e. The van der Waals surface area contributed by atoms with Crippen molar-refractivity contribution >= 4 is 50.2 Å². The zero-order valence-electron chi connectivity index (χ0n) is 10.4. The lowest BCUT2D eigenvalue weighted by Crippen LogP contribution is -2.12. The molecule has 3 N–H and O–H groups in total. The summed E-state index contributed by atoms with van der Waals surface area (Å²) in [7, 11) is 0. The van der Waals surface area contributed by atoms with Crippen LogP contribution >= 0.6 is 27.5 Å². The first-order valence-corrected chi connectivity index (χ1v) is 7.00. The number of H-pyrrole nitrogens is 1. The van der Waals surface area contributed by atoms with Gasteiger partial charge in [-0.2, -0.15) is 0 Å². The van der Waals surface area contributed by atoms with Gasteiger partial charge in [0, 0.05) is 22.3 Å². The van der Waals surface area contributed by atoms with Crippen molar-refractivity contribution < 1.29 is 9.90 Å². The molecule has 0 aliphatic heterocycles. The number of aromatic nitrogens is 3. The van der Waals surface area contributed by atoms with Gasteiger partial charge < -0.3 is 15.4 Å². The third-order valence-corrected chi connectivity index (χ3v) is 3.63. The Kier molecular flexibility index (Phi) is 3.52. The molecule has 0 radical (unpaired) electrons. The number of aromatic hydroxyl groups is 1. The van der Waals surface area contributed by atoms with Gasteiger partial charge in [-0.15, -0.1) is 0 Å². The molecular weight excluding hydrogens is 360 g/mol. The second kappa shape index (κ2) is 5.34. The van der Waals surface area contributed by atoms with Crippen molar-refractivity contribution in [2.24, 2.45) is 0 Å². The van der Waals surface area contributed by atoms with Gasteiger partial charge in [0.2, 0.25) is 0 Å². The van der Waals surface area contributed by atoms with Crippen molar-refractivity contribution in [1.82, 2.24) is 15.0 Å². The van der Waals surface area contributed by atoms with Crippen LogP contribution in [0, 0.1) is 0 Å². The molecule has 0 spiro atoms. The topological polar surface area (TPSA) is 90.9 Å². The maximum Gasteiger partial charge on any atom is 0.258 e. The van der Waals surface area contributed by atoms with Gasteiger partial charge in [0.05, 0.1) is 10.6 Å². The molecule has 0 atom stereocenters. The highest BCUT2D eigenvalue weighted by atomic mass is 79.9. The maximum absolute atomic E-state index is 12.3. The van der Waals surface area contributed by atoms with Gasteiger partial charge >= 0.3 is 0 Å². The van der Waals surface area contributed by atoms with Crippen LogP contribution in [0.2, 0.25) is 5.02 Å². The molecule has 2 heterocycles. The van der Waals surface area contributed by atoms with Gasteiger partial charge in [0.25, 0.3) is 5.91 Å². The molecule has 0 bridgehead atoms. The van der Waals surface area contributed by atoms with Crippen LogP contribution in [-0.4, -0.2) is 26.0 Å². The number of nitrogens with one attached hydrogen (secondary N) is 2. The fraction of sp³-hybridized carbons (Fsp3) is 0. The summed E-state index contributed by atoms with van der Waals surface area (Å²) in [5.41, 5.74) is 1.07. The van der Waals surface area contributed by atoms with Crippen molar-refractivity contribution in [2.75, 3.05) is 5.32 Å². The predicted molar refractivity (Wildman–Crippen MR) is 82.7 cm³/mol. The fourth-order valence-corrected chi connectivity index (χ4v) is 2.75. The lowest BCUT2D eigenvalue weighted by atomic mass is 10.2. The van der Waals surface area contributed by atoms with Crippen LogP contribution in [0.5, 0.6) is 5.75 Å². The maximum atomic E-state index is 12.3. The number of aromatic amines is 1. The van der Waals surface area contributed by atoms with E-state index in [0.717, 1.165) is 0 Å². The monoisotopic (exact) mass is 366 g/mol. The minimum Gasteiger partial charge on any atom is -0.506 e. The molecule has 0 saturated carbocycles. The number of nitrogens with zero attached hydrogens (tertiary/aromatic N) is 2. The van der Waals surface area contributed by atoms with E-state index >= 15 is 0 Å². The van der Waals surface area contributed by atoms with Crippen LogP contribution < -0.4 is 5.32 Å². The van der Waals surface area contributed by atoms with Crippen molar-refractivity contribution in [2.45, 2.75) is 0 Å². The number of phenols is 1. The van der Waals surface area contributed by atoms with Crippen molar-refractivity contribution in [1.29, 1.82) is 0 Å². The minimum atomic E-state index is -0.421. The minimum absolute atomic E-state index is 0.126. The number of carbonyl (C=O) groups is 1. The van der Waals surface area contributed by atoms with E-state index in [1.807, 2.05) is 0 Å². The summed E-state index contributed by atoms with van der Waals surface area (Å²) in [5, 5.41) is 13.3. The molecule has 2 aromatic heterocycles.